The zero-order chi connectivity index (χ0) is 22.0. The number of carbonyl (C=O) groups excluding carboxylic acids is 1. The highest BCUT2D eigenvalue weighted by Gasteiger charge is 2.20. The summed E-state index contributed by atoms with van der Waals surface area (Å²) in [5, 5.41) is 7.65. The number of aromatic nitrogens is 3. The Morgan fingerprint density at radius 3 is 2.10 bits per heavy atom. The normalized spacial score (nSPS) is 10.8. The van der Waals surface area contributed by atoms with Gasteiger partial charge in [-0.1, -0.05) is 59.1 Å². The Balaban J connectivity index is 1.74. The molecular formula is C24H21ClN4O2. The number of anilines is 1. The van der Waals surface area contributed by atoms with E-state index in [4.69, 9.17) is 11.6 Å². The molecule has 0 fully saturated rings. The lowest BCUT2D eigenvalue weighted by molar-refractivity contribution is 0.250. The van der Waals surface area contributed by atoms with Crippen LogP contribution in [-0.2, 0) is 6.54 Å². The van der Waals surface area contributed by atoms with Gasteiger partial charge in [0.2, 0.25) is 0 Å². The number of halogens is 1. The molecule has 0 saturated heterocycles. The summed E-state index contributed by atoms with van der Waals surface area (Å²) in [6, 6.07) is 21.6. The maximum Gasteiger partial charge on any atom is 0.355 e. The monoisotopic (exact) mass is 432 g/mol. The summed E-state index contributed by atoms with van der Waals surface area (Å²) in [6.07, 6.45) is 0. The van der Waals surface area contributed by atoms with Gasteiger partial charge in [-0.05, 0) is 55.8 Å². The van der Waals surface area contributed by atoms with E-state index in [1.165, 1.54) is 4.57 Å². The van der Waals surface area contributed by atoms with E-state index in [1.54, 1.807) is 36.4 Å². The standard InChI is InChI=1S/C24H21ClN4O2/c1-16-3-7-18(8-4-16)15-28-22(19-9-11-20(25)12-10-19)27-29(24(28)31)23(30)26-21-13-5-17(2)6-14-21/h3-14H,15H2,1-2H3,(H,26,30). The van der Waals surface area contributed by atoms with Gasteiger partial charge in [0.1, 0.15) is 0 Å². The number of benzene rings is 3. The predicted molar refractivity (Wildman–Crippen MR) is 123 cm³/mol. The molecule has 1 aromatic heterocycles. The van der Waals surface area contributed by atoms with Crippen molar-refractivity contribution in [2.45, 2.75) is 20.4 Å². The highest BCUT2D eigenvalue weighted by molar-refractivity contribution is 6.30. The maximum absolute atomic E-state index is 13.2. The fourth-order valence-corrected chi connectivity index (χ4v) is 3.30. The predicted octanol–water partition coefficient (Wildman–Crippen LogP) is 5.11. The van der Waals surface area contributed by atoms with Gasteiger partial charge < -0.3 is 5.32 Å². The number of amides is 1. The van der Waals surface area contributed by atoms with E-state index in [-0.39, 0.29) is 6.54 Å². The molecule has 7 heteroatoms. The Morgan fingerprint density at radius 1 is 0.903 bits per heavy atom. The van der Waals surface area contributed by atoms with Crippen molar-refractivity contribution in [1.82, 2.24) is 14.3 Å². The molecule has 0 atom stereocenters. The summed E-state index contributed by atoms with van der Waals surface area (Å²) in [5.74, 6) is 0.390. The molecule has 0 aliphatic heterocycles. The van der Waals surface area contributed by atoms with Crippen molar-refractivity contribution in [1.29, 1.82) is 0 Å². The van der Waals surface area contributed by atoms with Crippen LogP contribution in [-0.4, -0.2) is 20.4 Å². The number of carbonyl (C=O) groups is 1. The van der Waals surface area contributed by atoms with Gasteiger partial charge in [0, 0.05) is 16.3 Å². The Labute approximate surface area is 184 Å². The van der Waals surface area contributed by atoms with Gasteiger partial charge in [-0.2, -0.15) is 0 Å². The fraction of sp³-hybridized carbons (Fsp3) is 0.125. The molecule has 0 bridgehead atoms. The lowest BCUT2D eigenvalue weighted by Gasteiger charge is -2.06. The quantitative estimate of drug-likeness (QED) is 0.487. The SMILES string of the molecule is Cc1ccc(Cn2c(-c3ccc(Cl)cc3)nn(C(=O)Nc3ccc(C)cc3)c2=O)cc1. The average molecular weight is 433 g/mol. The molecule has 0 radical (unpaired) electrons. The maximum atomic E-state index is 13.2. The molecule has 0 aliphatic rings. The van der Waals surface area contributed by atoms with E-state index >= 15 is 0 Å². The van der Waals surface area contributed by atoms with Crippen LogP contribution in [0.3, 0.4) is 0 Å². The van der Waals surface area contributed by atoms with Crippen LogP contribution >= 0.6 is 11.6 Å². The Bertz CT molecular complexity index is 1270. The Hall–Kier alpha value is -3.64. The highest BCUT2D eigenvalue weighted by atomic mass is 35.5. The summed E-state index contributed by atoms with van der Waals surface area (Å²) in [7, 11) is 0. The first kappa shape index (κ1) is 20.6. The molecule has 1 N–H and O–H groups in total. The van der Waals surface area contributed by atoms with Crippen LogP contribution in [0.4, 0.5) is 10.5 Å². The van der Waals surface area contributed by atoms with Crippen LogP contribution in [0.25, 0.3) is 11.4 Å². The van der Waals surface area contributed by atoms with Crippen molar-refractivity contribution in [2.24, 2.45) is 0 Å². The first-order valence-electron chi connectivity index (χ1n) is 9.80. The molecule has 3 aromatic carbocycles. The third kappa shape index (κ3) is 4.59. The second kappa shape index (κ2) is 8.62. The minimum Gasteiger partial charge on any atom is -0.306 e. The van der Waals surface area contributed by atoms with Crippen molar-refractivity contribution in [2.75, 3.05) is 5.32 Å². The van der Waals surface area contributed by atoms with E-state index in [2.05, 4.69) is 10.4 Å². The van der Waals surface area contributed by atoms with Gasteiger partial charge in [-0.15, -0.1) is 9.78 Å². The molecule has 156 valence electrons. The van der Waals surface area contributed by atoms with Gasteiger partial charge in [0.25, 0.3) is 0 Å². The van der Waals surface area contributed by atoms with Gasteiger partial charge in [-0.3, -0.25) is 4.57 Å². The van der Waals surface area contributed by atoms with E-state index in [9.17, 15) is 9.59 Å². The minimum atomic E-state index is -0.619. The summed E-state index contributed by atoms with van der Waals surface area (Å²) >= 11 is 6.01. The molecule has 0 unspecified atom stereocenters. The zero-order valence-corrected chi connectivity index (χ0v) is 17.9. The first-order valence-corrected chi connectivity index (χ1v) is 10.2. The molecule has 6 nitrogen and oxygen atoms in total. The lowest BCUT2D eigenvalue weighted by atomic mass is 10.1. The summed E-state index contributed by atoms with van der Waals surface area (Å²) in [4.78, 5) is 26.0. The van der Waals surface area contributed by atoms with Crippen LogP contribution in [0.1, 0.15) is 16.7 Å². The fourth-order valence-electron chi connectivity index (χ4n) is 3.17. The highest BCUT2D eigenvalue weighted by Crippen LogP contribution is 2.20. The van der Waals surface area contributed by atoms with Crippen molar-refractivity contribution in [3.05, 3.63) is 105 Å². The molecule has 4 aromatic rings. The van der Waals surface area contributed by atoms with E-state index < -0.39 is 11.7 Å². The van der Waals surface area contributed by atoms with Crippen LogP contribution in [0.5, 0.6) is 0 Å². The Kier molecular flexibility index (Phi) is 5.73. The topological polar surface area (TPSA) is 68.9 Å². The number of rotatable bonds is 4. The molecule has 0 spiro atoms. The van der Waals surface area contributed by atoms with Gasteiger partial charge >= 0.3 is 11.7 Å². The lowest BCUT2D eigenvalue weighted by Crippen LogP contribution is -2.33. The van der Waals surface area contributed by atoms with E-state index in [1.807, 2.05) is 50.2 Å². The molecule has 0 aliphatic carbocycles. The first-order chi connectivity index (χ1) is 14.9. The molecule has 1 heterocycles. The number of nitrogens with one attached hydrogen (secondary N) is 1. The van der Waals surface area contributed by atoms with Crippen molar-refractivity contribution in [3.8, 4) is 11.4 Å². The van der Waals surface area contributed by atoms with Crippen LogP contribution in [0, 0.1) is 13.8 Å². The van der Waals surface area contributed by atoms with Gasteiger partial charge in [0.05, 0.1) is 6.54 Å². The summed E-state index contributed by atoms with van der Waals surface area (Å²) in [5.41, 5.74) is 3.89. The van der Waals surface area contributed by atoms with E-state index in [0.29, 0.717) is 22.1 Å². The van der Waals surface area contributed by atoms with Crippen molar-refractivity contribution >= 4 is 23.3 Å². The van der Waals surface area contributed by atoms with Crippen molar-refractivity contribution in [3.63, 3.8) is 0 Å². The third-order valence-electron chi connectivity index (χ3n) is 4.92. The largest absolute Gasteiger partial charge is 0.355 e. The zero-order valence-electron chi connectivity index (χ0n) is 17.2. The molecule has 0 saturated carbocycles. The second-order valence-corrected chi connectivity index (χ2v) is 7.83. The van der Waals surface area contributed by atoms with E-state index in [0.717, 1.165) is 21.4 Å². The molecule has 31 heavy (non-hydrogen) atoms. The van der Waals surface area contributed by atoms with Crippen LogP contribution in [0.15, 0.2) is 77.6 Å². The molecule has 1 amide bonds. The van der Waals surface area contributed by atoms with Crippen molar-refractivity contribution < 1.29 is 4.79 Å². The van der Waals surface area contributed by atoms with Crippen LogP contribution in [0.2, 0.25) is 5.02 Å². The van der Waals surface area contributed by atoms with Gasteiger partial charge in [0.15, 0.2) is 5.82 Å². The summed E-state index contributed by atoms with van der Waals surface area (Å²) in [6.45, 7) is 4.25. The number of aryl methyl sites for hydroxylation is 2. The number of nitrogens with zero attached hydrogens (tertiary/aromatic N) is 3. The molecular weight excluding hydrogens is 412 g/mol. The molecule has 4 rings (SSSR count). The second-order valence-electron chi connectivity index (χ2n) is 7.39. The van der Waals surface area contributed by atoms with Gasteiger partial charge in [-0.25, -0.2) is 9.59 Å². The smallest absolute Gasteiger partial charge is 0.306 e. The van der Waals surface area contributed by atoms with Crippen LogP contribution < -0.4 is 11.0 Å². The number of hydrogen-bond donors (Lipinski definition) is 1. The Morgan fingerprint density at radius 2 is 1.48 bits per heavy atom. The number of hydrogen-bond acceptors (Lipinski definition) is 3. The average Bonchev–Trinajstić information content (AvgIpc) is 3.08. The summed E-state index contributed by atoms with van der Waals surface area (Å²) < 4.78 is 2.35. The minimum absolute atomic E-state index is 0.287. The third-order valence-corrected chi connectivity index (χ3v) is 5.17.